The first-order valence-corrected chi connectivity index (χ1v) is 4.66. The summed E-state index contributed by atoms with van der Waals surface area (Å²) < 4.78 is 0. The molecule has 0 saturated heterocycles. The number of hydrogen-bond acceptors (Lipinski definition) is 3. The van der Waals surface area contributed by atoms with Gasteiger partial charge in [0.05, 0.1) is 0 Å². The van der Waals surface area contributed by atoms with Crippen molar-refractivity contribution in [1.29, 1.82) is 0 Å². The van der Waals surface area contributed by atoms with E-state index >= 15 is 0 Å². The first-order valence-electron chi connectivity index (χ1n) is 4.66. The fraction of sp³-hybridized carbons (Fsp3) is 0.778. The highest BCUT2D eigenvalue weighted by atomic mass is 16.4. The van der Waals surface area contributed by atoms with Crippen LogP contribution >= 0.6 is 0 Å². The zero-order valence-electron chi connectivity index (χ0n) is 8.49. The Hall–Kier alpha value is -1.10. The van der Waals surface area contributed by atoms with Crippen LogP contribution in [0.2, 0.25) is 0 Å². The highest BCUT2D eigenvalue weighted by molar-refractivity contribution is 5.84. The van der Waals surface area contributed by atoms with Gasteiger partial charge in [-0.25, -0.2) is 0 Å². The van der Waals surface area contributed by atoms with Crippen LogP contribution in [-0.4, -0.2) is 34.7 Å². The minimum Gasteiger partial charge on any atom is -0.480 e. The zero-order valence-corrected chi connectivity index (χ0v) is 8.49. The lowest BCUT2D eigenvalue weighted by molar-refractivity contribution is -0.140. The maximum atomic E-state index is 11.1. The Labute approximate surface area is 83.1 Å². The predicted octanol–water partition coefficient (Wildman–Crippen LogP) is -0.0157. The topological polar surface area (TPSA) is 86.6 Å². The summed E-state index contributed by atoms with van der Waals surface area (Å²) in [5.41, 5.74) is 0. The van der Waals surface area contributed by atoms with Crippen LogP contribution in [0.4, 0.5) is 0 Å². The number of amides is 1. The number of aliphatic hydroxyl groups excluding tert-OH is 1. The largest absolute Gasteiger partial charge is 0.480 e. The number of carbonyl (C=O) groups excluding carboxylic acids is 1. The third-order valence-corrected chi connectivity index (χ3v) is 1.97. The van der Waals surface area contributed by atoms with Crippen LogP contribution in [0.3, 0.4) is 0 Å². The first-order chi connectivity index (χ1) is 6.49. The number of carboxylic acid groups (broad SMARTS) is 1. The molecule has 5 heteroatoms. The standard InChI is InChI=1S/C9H17NO4/c1-3-4-6(2)8(13)9(14)10-5-7(11)12/h6,8,13H,3-5H2,1-2H3,(H,10,14)(H,11,12). The third kappa shape index (κ3) is 4.81. The number of nitrogens with one attached hydrogen (secondary N) is 1. The maximum Gasteiger partial charge on any atom is 0.322 e. The van der Waals surface area contributed by atoms with Gasteiger partial charge in [-0.3, -0.25) is 9.59 Å². The van der Waals surface area contributed by atoms with Gasteiger partial charge in [0.1, 0.15) is 12.6 Å². The molecule has 0 aliphatic carbocycles. The number of hydrogen-bond donors (Lipinski definition) is 3. The Kier molecular flexibility index (Phi) is 5.87. The summed E-state index contributed by atoms with van der Waals surface area (Å²) in [7, 11) is 0. The van der Waals surface area contributed by atoms with Crippen LogP contribution in [0.15, 0.2) is 0 Å². The Morgan fingerprint density at radius 3 is 2.43 bits per heavy atom. The summed E-state index contributed by atoms with van der Waals surface area (Å²) in [4.78, 5) is 21.3. The van der Waals surface area contributed by atoms with E-state index in [1.54, 1.807) is 6.92 Å². The fourth-order valence-corrected chi connectivity index (χ4v) is 1.14. The average molecular weight is 203 g/mol. The Bertz CT molecular complexity index is 205. The van der Waals surface area contributed by atoms with E-state index in [-0.39, 0.29) is 5.92 Å². The van der Waals surface area contributed by atoms with E-state index in [1.807, 2.05) is 6.92 Å². The van der Waals surface area contributed by atoms with Gasteiger partial charge in [-0.2, -0.15) is 0 Å². The molecule has 0 bridgehead atoms. The number of rotatable bonds is 6. The molecule has 3 N–H and O–H groups in total. The van der Waals surface area contributed by atoms with Gasteiger partial charge in [0.15, 0.2) is 0 Å². The van der Waals surface area contributed by atoms with Crippen molar-refractivity contribution in [3.05, 3.63) is 0 Å². The maximum absolute atomic E-state index is 11.1. The molecule has 0 spiro atoms. The molecule has 0 saturated carbocycles. The van der Waals surface area contributed by atoms with E-state index in [0.29, 0.717) is 0 Å². The summed E-state index contributed by atoms with van der Waals surface area (Å²) in [5.74, 6) is -1.88. The molecule has 5 nitrogen and oxygen atoms in total. The molecule has 0 radical (unpaired) electrons. The van der Waals surface area contributed by atoms with E-state index in [9.17, 15) is 14.7 Å². The lowest BCUT2D eigenvalue weighted by Gasteiger charge is -2.16. The van der Waals surface area contributed by atoms with Crippen LogP contribution < -0.4 is 5.32 Å². The zero-order chi connectivity index (χ0) is 11.1. The van der Waals surface area contributed by atoms with E-state index < -0.39 is 24.5 Å². The fourth-order valence-electron chi connectivity index (χ4n) is 1.14. The number of aliphatic hydroxyl groups is 1. The van der Waals surface area contributed by atoms with Crippen LogP contribution in [0.5, 0.6) is 0 Å². The van der Waals surface area contributed by atoms with Crippen molar-refractivity contribution >= 4 is 11.9 Å². The Morgan fingerprint density at radius 2 is 2.00 bits per heavy atom. The van der Waals surface area contributed by atoms with Crippen LogP contribution in [0, 0.1) is 5.92 Å². The predicted molar refractivity (Wildman–Crippen MR) is 50.7 cm³/mol. The van der Waals surface area contributed by atoms with Crippen LogP contribution in [0.1, 0.15) is 26.7 Å². The quantitative estimate of drug-likeness (QED) is 0.566. The van der Waals surface area contributed by atoms with E-state index in [2.05, 4.69) is 5.32 Å². The number of carbonyl (C=O) groups is 2. The molecular formula is C9H17NO4. The minimum absolute atomic E-state index is 0.145. The van der Waals surface area contributed by atoms with Crippen molar-refractivity contribution in [2.45, 2.75) is 32.8 Å². The number of aliphatic carboxylic acids is 1. The molecule has 2 atom stereocenters. The normalized spacial score (nSPS) is 14.5. The van der Waals surface area contributed by atoms with Gasteiger partial charge in [-0.1, -0.05) is 20.3 Å². The molecule has 0 aromatic heterocycles. The summed E-state index contributed by atoms with van der Waals surface area (Å²) in [6.07, 6.45) is 0.501. The van der Waals surface area contributed by atoms with Crippen molar-refractivity contribution in [3.8, 4) is 0 Å². The van der Waals surface area contributed by atoms with Gasteiger partial charge in [0.2, 0.25) is 5.91 Å². The van der Waals surface area contributed by atoms with Crippen molar-refractivity contribution in [2.24, 2.45) is 5.92 Å². The smallest absolute Gasteiger partial charge is 0.322 e. The average Bonchev–Trinajstić information content (AvgIpc) is 2.13. The van der Waals surface area contributed by atoms with E-state index in [1.165, 1.54) is 0 Å². The first kappa shape index (κ1) is 12.9. The van der Waals surface area contributed by atoms with Gasteiger partial charge >= 0.3 is 5.97 Å². The molecule has 14 heavy (non-hydrogen) atoms. The summed E-state index contributed by atoms with van der Waals surface area (Å²) in [6.45, 7) is 3.27. The second-order valence-electron chi connectivity index (χ2n) is 3.32. The van der Waals surface area contributed by atoms with Gasteiger partial charge in [-0.05, 0) is 12.3 Å². The third-order valence-electron chi connectivity index (χ3n) is 1.97. The van der Waals surface area contributed by atoms with Crippen LogP contribution in [0.25, 0.3) is 0 Å². The minimum atomic E-state index is -1.12. The second kappa shape index (κ2) is 6.37. The van der Waals surface area contributed by atoms with Gasteiger partial charge in [0.25, 0.3) is 0 Å². The van der Waals surface area contributed by atoms with Crippen molar-refractivity contribution in [3.63, 3.8) is 0 Å². The molecule has 0 aliphatic heterocycles. The summed E-state index contributed by atoms with van der Waals surface area (Å²) in [6, 6.07) is 0. The van der Waals surface area contributed by atoms with E-state index in [0.717, 1.165) is 12.8 Å². The molecule has 82 valence electrons. The molecule has 0 aliphatic rings. The summed E-state index contributed by atoms with van der Waals surface area (Å²) >= 11 is 0. The number of carboxylic acids is 1. The van der Waals surface area contributed by atoms with E-state index in [4.69, 9.17) is 5.11 Å². The van der Waals surface area contributed by atoms with Gasteiger partial charge in [0, 0.05) is 0 Å². The van der Waals surface area contributed by atoms with Crippen molar-refractivity contribution < 1.29 is 19.8 Å². The monoisotopic (exact) mass is 203 g/mol. The summed E-state index contributed by atoms with van der Waals surface area (Å²) in [5, 5.41) is 19.8. The van der Waals surface area contributed by atoms with Crippen molar-refractivity contribution in [1.82, 2.24) is 5.32 Å². The molecule has 0 heterocycles. The molecule has 2 unspecified atom stereocenters. The van der Waals surface area contributed by atoms with Crippen LogP contribution in [-0.2, 0) is 9.59 Å². The lowest BCUT2D eigenvalue weighted by atomic mass is 9.99. The second-order valence-corrected chi connectivity index (χ2v) is 3.32. The highest BCUT2D eigenvalue weighted by Crippen LogP contribution is 2.10. The van der Waals surface area contributed by atoms with Gasteiger partial charge in [-0.15, -0.1) is 0 Å². The molecule has 0 fully saturated rings. The SMILES string of the molecule is CCCC(C)C(O)C(=O)NCC(=O)O. The Morgan fingerprint density at radius 1 is 1.43 bits per heavy atom. The molecule has 0 rings (SSSR count). The molecule has 0 aromatic carbocycles. The molecule has 0 aromatic rings. The molecular weight excluding hydrogens is 186 g/mol. The highest BCUT2D eigenvalue weighted by Gasteiger charge is 2.21. The van der Waals surface area contributed by atoms with Crippen molar-refractivity contribution in [2.75, 3.05) is 6.54 Å². The molecule has 1 amide bonds. The lowest BCUT2D eigenvalue weighted by Crippen LogP contribution is -2.40. The van der Waals surface area contributed by atoms with Gasteiger partial charge < -0.3 is 15.5 Å². The Balaban J connectivity index is 3.91.